The van der Waals surface area contributed by atoms with Crippen molar-refractivity contribution in [2.45, 2.75) is 62.2 Å². The highest BCUT2D eigenvalue weighted by Gasteiger charge is 2.49. The van der Waals surface area contributed by atoms with Crippen molar-refractivity contribution in [2.75, 3.05) is 34.0 Å². The molecule has 0 aromatic heterocycles. The van der Waals surface area contributed by atoms with Gasteiger partial charge in [0.15, 0.2) is 0 Å². The van der Waals surface area contributed by atoms with Crippen LogP contribution >= 0.6 is 0 Å². The summed E-state index contributed by atoms with van der Waals surface area (Å²) < 4.78 is 17.7. The molecular formula is C16H29NO3. The minimum Gasteiger partial charge on any atom is -0.378 e. The molecule has 2 aliphatic heterocycles. The van der Waals surface area contributed by atoms with Gasteiger partial charge in [-0.3, -0.25) is 0 Å². The summed E-state index contributed by atoms with van der Waals surface area (Å²) in [6.45, 7) is 2.50. The second-order valence-electron chi connectivity index (χ2n) is 6.83. The van der Waals surface area contributed by atoms with Crippen molar-refractivity contribution in [3.05, 3.63) is 0 Å². The van der Waals surface area contributed by atoms with Crippen LogP contribution in [0.1, 0.15) is 44.9 Å². The molecule has 4 heteroatoms. The van der Waals surface area contributed by atoms with Gasteiger partial charge < -0.3 is 19.5 Å². The van der Waals surface area contributed by atoms with E-state index in [0.717, 1.165) is 39.1 Å². The summed E-state index contributed by atoms with van der Waals surface area (Å²) in [5, 5.41) is 3.59. The third-order valence-corrected chi connectivity index (χ3v) is 5.80. The maximum atomic E-state index is 6.09. The van der Waals surface area contributed by atoms with Gasteiger partial charge in [-0.25, -0.2) is 0 Å². The van der Waals surface area contributed by atoms with E-state index in [9.17, 15) is 0 Å². The molecule has 0 aromatic rings. The normalized spacial score (nSPS) is 38.4. The van der Waals surface area contributed by atoms with E-state index in [1.54, 1.807) is 0 Å². The Morgan fingerprint density at radius 2 is 2.00 bits per heavy atom. The fraction of sp³-hybridized carbons (Fsp3) is 1.00. The minimum atomic E-state index is -0.00838. The molecule has 4 nitrogen and oxygen atoms in total. The maximum Gasteiger partial charge on any atom is 0.0939 e. The Bertz CT molecular complexity index is 322. The van der Waals surface area contributed by atoms with Crippen molar-refractivity contribution in [2.24, 2.45) is 5.92 Å². The largest absolute Gasteiger partial charge is 0.378 e. The Hall–Kier alpha value is -0.160. The molecule has 0 amide bonds. The van der Waals surface area contributed by atoms with Crippen molar-refractivity contribution in [1.82, 2.24) is 5.32 Å². The highest BCUT2D eigenvalue weighted by Crippen LogP contribution is 2.44. The van der Waals surface area contributed by atoms with Gasteiger partial charge in [0.1, 0.15) is 0 Å². The van der Waals surface area contributed by atoms with Crippen LogP contribution in [0.2, 0.25) is 0 Å². The van der Waals surface area contributed by atoms with E-state index in [0.29, 0.717) is 12.0 Å². The second-order valence-corrected chi connectivity index (χ2v) is 6.83. The molecule has 1 saturated carbocycles. The molecule has 2 saturated heterocycles. The monoisotopic (exact) mass is 283 g/mol. The summed E-state index contributed by atoms with van der Waals surface area (Å²) in [4.78, 5) is 0. The van der Waals surface area contributed by atoms with Crippen LogP contribution in [0.5, 0.6) is 0 Å². The van der Waals surface area contributed by atoms with E-state index in [1.807, 2.05) is 7.11 Å². The Labute approximate surface area is 122 Å². The molecule has 0 aromatic carbocycles. The molecule has 3 fully saturated rings. The molecule has 2 heterocycles. The maximum absolute atomic E-state index is 6.09. The topological polar surface area (TPSA) is 39.7 Å². The zero-order chi connectivity index (χ0) is 14.1. The first-order valence-corrected chi connectivity index (χ1v) is 8.18. The summed E-state index contributed by atoms with van der Waals surface area (Å²) in [7, 11) is 3.99. The minimum absolute atomic E-state index is 0.00838. The highest BCUT2D eigenvalue weighted by molar-refractivity contribution is 5.03. The Morgan fingerprint density at radius 1 is 1.20 bits per heavy atom. The third-order valence-electron chi connectivity index (χ3n) is 5.80. The van der Waals surface area contributed by atoms with Gasteiger partial charge in [-0.05, 0) is 38.6 Å². The molecule has 116 valence electrons. The van der Waals surface area contributed by atoms with E-state index >= 15 is 0 Å². The fourth-order valence-corrected chi connectivity index (χ4v) is 4.76. The molecule has 3 rings (SSSR count). The Morgan fingerprint density at radius 3 is 2.60 bits per heavy atom. The van der Waals surface area contributed by atoms with Crippen LogP contribution in [0.4, 0.5) is 0 Å². The first kappa shape index (κ1) is 14.8. The smallest absolute Gasteiger partial charge is 0.0939 e. The molecule has 3 atom stereocenters. The van der Waals surface area contributed by atoms with E-state index in [1.165, 1.54) is 25.7 Å². The average Bonchev–Trinajstić information content (AvgIpc) is 3.11. The molecule has 0 bridgehead atoms. The van der Waals surface area contributed by atoms with Gasteiger partial charge in [0, 0.05) is 32.8 Å². The standard InChI is InChI=1S/C16H29NO3/c1-17-14(16(18-2)6-3-4-7-16)13-5-9-20-15(11-13)8-10-19-12-15/h13-14,17H,3-12H2,1-2H3. The lowest BCUT2D eigenvalue weighted by Crippen LogP contribution is -2.57. The van der Waals surface area contributed by atoms with Gasteiger partial charge in [-0.1, -0.05) is 12.8 Å². The molecule has 1 spiro atoms. The van der Waals surface area contributed by atoms with Crippen LogP contribution < -0.4 is 5.32 Å². The van der Waals surface area contributed by atoms with Crippen LogP contribution in [0.25, 0.3) is 0 Å². The average molecular weight is 283 g/mol. The van der Waals surface area contributed by atoms with Crippen molar-refractivity contribution in [1.29, 1.82) is 0 Å². The number of ether oxygens (including phenoxy) is 3. The molecule has 1 aliphatic carbocycles. The first-order valence-electron chi connectivity index (χ1n) is 8.18. The lowest BCUT2D eigenvalue weighted by atomic mass is 9.74. The fourth-order valence-electron chi connectivity index (χ4n) is 4.76. The van der Waals surface area contributed by atoms with Crippen LogP contribution in [-0.4, -0.2) is 51.2 Å². The lowest BCUT2D eigenvalue weighted by molar-refractivity contribution is -0.125. The van der Waals surface area contributed by atoms with Crippen LogP contribution in [0.3, 0.4) is 0 Å². The molecular weight excluding hydrogens is 254 g/mol. The van der Waals surface area contributed by atoms with Crippen molar-refractivity contribution >= 4 is 0 Å². The van der Waals surface area contributed by atoms with E-state index in [4.69, 9.17) is 14.2 Å². The zero-order valence-corrected chi connectivity index (χ0v) is 13.0. The highest BCUT2D eigenvalue weighted by atomic mass is 16.6. The second kappa shape index (κ2) is 5.91. The molecule has 0 radical (unpaired) electrons. The Balaban J connectivity index is 1.75. The molecule has 1 N–H and O–H groups in total. The number of rotatable bonds is 4. The molecule has 3 aliphatic rings. The van der Waals surface area contributed by atoms with Gasteiger partial charge in [-0.15, -0.1) is 0 Å². The van der Waals surface area contributed by atoms with Crippen LogP contribution in [-0.2, 0) is 14.2 Å². The van der Waals surface area contributed by atoms with Gasteiger partial charge in [0.05, 0.1) is 17.8 Å². The Kier molecular flexibility index (Phi) is 4.37. The van der Waals surface area contributed by atoms with E-state index < -0.39 is 0 Å². The summed E-state index contributed by atoms with van der Waals surface area (Å²) in [6, 6.07) is 0.441. The predicted molar refractivity (Wildman–Crippen MR) is 77.9 cm³/mol. The molecule has 3 unspecified atom stereocenters. The quantitative estimate of drug-likeness (QED) is 0.858. The summed E-state index contributed by atoms with van der Waals surface area (Å²) in [5.74, 6) is 0.633. The summed E-state index contributed by atoms with van der Waals surface area (Å²) in [6.07, 6.45) is 8.28. The number of hydrogen-bond donors (Lipinski definition) is 1. The van der Waals surface area contributed by atoms with E-state index in [-0.39, 0.29) is 11.2 Å². The third kappa shape index (κ3) is 2.52. The first-order chi connectivity index (χ1) is 9.74. The SMILES string of the molecule is CNC(C1CCOC2(CCOC2)C1)C1(OC)CCCC1. The van der Waals surface area contributed by atoms with Crippen LogP contribution in [0.15, 0.2) is 0 Å². The number of likely N-dealkylation sites (N-methyl/N-ethyl adjacent to an activating group) is 1. The van der Waals surface area contributed by atoms with Crippen molar-refractivity contribution < 1.29 is 14.2 Å². The van der Waals surface area contributed by atoms with Crippen molar-refractivity contribution in [3.63, 3.8) is 0 Å². The summed E-state index contributed by atoms with van der Waals surface area (Å²) in [5.41, 5.74) is 0.0307. The number of nitrogens with one attached hydrogen (secondary N) is 1. The van der Waals surface area contributed by atoms with Gasteiger partial charge in [0.25, 0.3) is 0 Å². The molecule has 20 heavy (non-hydrogen) atoms. The lowest BCUT2D eigenvalue weighted by Gasteiger charge is -2.46. The van der Waals surface area contributed by atoms with Crippen molar-refractivity contribution in [3.8, 4) is 0 Å². The van der Waals surface area contributed by atoms with E-state index in [2.05, 4.69) is 12.4 Å². The number of methoxy groups -OCH3 is 1. The van der Waals surface area contributed by atoms with Crippen LogP contribution in [0, 0.1) is 5.92 Å². The van der Waals surface area contributed by atoms with Gasteiger partial charge >= 0.3 is 0 Å². The van der Waals surface area contributed by atoms with Gasteiger partial charge in [-0.2, -0.15) is 0 Å². The number of hydrogen-bond acceptors (Lipinski definition) is 4. The van der Waals surface area contributed by atoms with Gasteiger partial charge in [0.2, 0.25) is 0 Å². The predicted octanol–water partition coefficient (Wildman–Crippen LogP) is 2.12. The zero-order valence-electron chi connectivity index (χ0n) is 13.0. The summed E-state index contributed by atoms with van der Waals surface area (Å²) >= 11 is 0.